The number of likely N-dealkylation sites (tertiary alicyclic amines) is 1. The van der Waals surface area contributed by atoms with Crippen LogP contribution in [0.25, 0.3) is 0 Å². The number of benzene rings is 1. The third kappa shape index (κ3) is 3.92. The predicted molar refractivity (Wildman–Crippen MR) is 101 cm³/mol. The van der Waals surface area contributed by atoms with Crippen molar-refractivity contribution in [3.63, 3.8) is 0 Å². The topological polar surface area (TPSA) is 58.8 Å². The molecule has 2 aliphatic heterocycles. The van der Waals surface area contributed by atoms with Crippen LogP contribution < -0.4 is 0 Å². The van der Waals surface area contributed by atoms with Gasteiger partial charge in [-0.25, -0.2) is 4.98 Å². The summed E-state index contributed by atoms with van der Waals surface area (Å²) in [6.07, 6.45) is 2.84. The zero-order chi connectivity index (χ0) is 18.8. The van der Waals surface area contributed by atoms with Gasteiger partial charge in [0.15, 0.2) is 0 Å². The van der Waals surface area contributed by atoms with Crippen LogP contribution in [0.3, 0.4) is 0 Å². The smallest absolute Gasteiger partial charge is 0.309 e. The van der Waals surface area contributed by atoms with Crippen LogP contribution in [-0.4, -0.2) is 53.5 Å². The van der Waals surface area contributed by atoms with Gasteiger partial charge >= 0.3 is 5.91 Å². The van der Waals surface area contributed by atoms with Crippen molar-refractivity contribution in [2.45, 2.75) is 45.4 Å². The van der Waals surface area contributed by atoms with Crippen LogP contribution in [0.15, 0.2) is 28.7 Å². The van der Waals surface area contributed by atoms with Gasteiger partial charge in [0.2, 0.25) is 0 Å². The number of ether oxygens (including phenoxy) is 1. The average Bonchev–Trinajstić information content (AvgIpc) is 3.34. The number of carbonyl (C=O) groups excluding carboxylic acids is 1. The van der Waals surface area contributed by atoms with Crippen molar-refractivity contribution >= 4 is 5.91 Å². The van der Waals surface area contributed by atoms with Crippen molar-refractivity contribution in [3.8, 4) is 0 Å². The Bertz CT molecular complexity index is 800. The van der Waals surface area contributed by atoms with Crippen molar-refractivity contribution in [2.75, 3.05) is 26.7 Å². The number of rotatable bonds is 5. The largest absolute Gasteiger partial charge is 0.437 e. The molecule has 0 saturated carbocycles. The highest BCUT2D eigenvalue weighted by Crippen LogP contribution is 2.23. The summed E-state index contributed by atoms with van der Waals surface area (Å²) < 4.78 is 11.2. The van der Waals surface area contributed by atoms with E-state index in [4.69, 9.17) is 9.15 Å². The second-order valence-electron chi connectivity index (χ2n) is 7.42. The molecule has 0 unspecified atom stereocenters. The number of aryl methyl sites for hydroxylation is 1. The molecule has 1 amide bonds. The van der Waals surface area contributed by atoms with Crippen molar-refractivity contribution in [1.29, 1.82) is 0 Å². The average molecular weight is 369 g/mol. The van der Waals surface area contributed by atoms with Crippen molar-refractivity contribution in [3.05, 3.63) is 52.7 Å². The Balaban J connectivity index is 1.40. The monoisotopic (exact) mass is 369 g/mol. The predicted octanol–water partition coefficient (Wildman–Crippen LogP) is 2.66. The molecule has 2 aliphatic rings. The number of carbonyl (C=O) groups is 1. The van der Waals surface area contributed by atoms with Crippen molar-refractivity contribution < 1.29 is 13.9 Å². The summed E-state index contributed by atoms with van der Waals surface area (Å²) in [6.45, 7) is 6.01. The van der Waals surface area contributed by atoms with Gasteiger partial charge in [-0.15, -0.1) is 0 Å². The van der Waals surface area contributed by atoms with E-state index in [1.54, 1.807) is 12.0 Å². The lowest BCUT2D eigenvalue weighted by molar-refractivity contribution is 0.0687. The summed E-state index contributed by atoms with van der Waals surface area (Å²) in [6, 6.07) is 8.79. The molecular formula is C21H27N3O3. The van der Waals surface area contributed by atoms with Crippen LogP contribution >= 0.6 is 0 Å². The highest BCUT2D eigenvalue weighted by molar-refractivity contribution is 5.90. The maximum absolute atomic E-state index is 12.7. The lowest BCUT2D eigenvalue weighted by Crippen LogP contribution is -2.30. The van der Waals surface area contributed by atoms with Crippen LogP contribution in [-0.2, 0) is 30.7 Å². The van der Waals surface area contributed by atoms with Gasteiger partial charge in [-0.3, -0.25) is 9.69 Å². The molecule has 1 aromatic heterocycles. The molecule has 2 aromatic rings. The second kappa shape index (κ2) is 7.82. The first-order valence-electron chi connectivity index (χ1n) is 9.77. The van der Waals surface area contributed by atoms with Gasteiger partial charge in [0.1, 0.15) is 5.76 Å². The number of hydrogen-bond donors (Lipinski definition) is 0. The van der Waals surface area contributed by atoms with Crippen LogP contribution in [0.2, 0.25) is 0 Å². The maximum Gasteiger partial charge on any atom is 0.309 e. The van der Waals surface area contributed by atoms with Gasteiger partial charge in [-0.1, -0.05) is 31.2 Å². The van der Waals surface area contributed by atoms with E-state index in [2.05, 4.69) is 41.1 Å². The van der Waals surface area contributed by atoms with E-state index in [1.165, 1.54) is 11.1 Å². The Labute approximate surface area is 160 Å². The Hall–Kier alpha value is -2.18. The Kier molecular flexibility index (Phi) is 5.27. The number of nitrogens with zero attached hydrogens (tertiary/aromatic N) is 3. The first-order chi connectivity index (χ1) is 13.2. The molecule has 6 nitrogen and oxygen atoms in total. The normalized spacial score (nSPS) is 20.1. The highest BCUT2D eigenvalue weighted by atomic mass is 16.5. The number of oxazole rings is 1. The molecule has 144 valence electrons. The molecule has 1 saturated heterocycles. The van der Waals surface area contributed by atoms with E-state index in [0.717, 1.165) is 50.4 Å². The van der Waals surface area contributed by atoms with Crippen LogP contribution in [0.1, 0.15) is 46.6 Å². The van der Waals surface area contributed by atoms with Gasteiger partial charge in [-0.05, 0) is 24.0 Å². The highest BCUT2D eigenvalue weighted by Gasteiger charge is 2.31. The summed E-state index contributed by atoms with van der Waals surface area (Å²) in [5.41, 5.74) is 3.56. The third-order valence-corrected chi connectivity index (χ3v) is 5.59. The minimum absolute atomic E-state index is 0.119. The van der Waals surface area contributed by atoms with Gasteiger partial charge in [0.25, 0.3) is 5.89 Å². The Morgan fingerprint density at radius 1 is 1.26 bits per heavy atom. The molecule has 0 N–H and O–H groups in total. The summed E-state index contributed by atoms with van der Waals surface area (Å²) in [5, 5.41) is 0. The number of amides is 1. The first-order valence-corrected chi connectivity index (χ1v) is 9.77. The molecule has 1 atom stereocenters. The standard InChI is InChI=1S/C21H27N3O3/c1-3-15-4-6-16(7-5-15)12-23-10-9-19-18(14-23)22-20(27-19)21(25)24-11-8-17(13-24)26-2/h4-7,17H,3,8-14H2,1-2H3/t17-/m1/s1. The lowest BCUT2D eigenvalue weighted by atomic mass is 10.1. The van der Waals surface area contributed by atoms with Gasteiger partial charge in [-0.2, -0.15) is 0 Å². The molecule has 0 spiro atoms. The molecule has 0 aliphatic carbocycles. The fraction of sp³-hybridized carbons (Fsp3) is 0.524. The summed E-state index contributed by atoms with van der Waals surface area (Å²) >= 11 is 0. The summed E-state index contributed by atoms with van der Waals surface area (Å²) in [4.78, 5) is 21.3. The molecule has 1 fully saturated rings. The van der Waals surface area contributed by atoms with E-state index in [0.29, 0.717) is 13.1 Å². The Morgan fingerprint density at radius 3 is 2.74 bits per heavy atom. The van der Waals surface area contributed by atoms with E-state index < -0.39 is 0 Å². The number of aromatic nitrogens is 1. The minimum Gasteiger partial charge on any atom is -0.437 e. The molecule has 0 radical (unpaired) electrons. The molecule has 0 bridgehead atoms. The van der Waals surface area contributed by atoms with Gasteiger partial charge in [0.05, 0.1) is 11.8 Å². The molecule has 4 rings (SSSR count). The molecule has 3 heterocycles. The van der Waals surface area contributed by atoms with Crippen LogP contribution in [0, 0.1) is 0 Å². The molecule has 1 aromatic carbocycles. The van der Waals surface area contributed by atoms with E-state index in [1.807, 2.05) is 0 Å². The zero-order valence-corrected chi connectivity index (χ0v) is 16.1. The fourth-order valence-electron chi connectivity index (χ4n) is 3.86. The van der Waals surface area contributed by atoms with Crippen LogP contribution in [0.4, 0.5) is 0 Å². The summed E-state index contributed by atoms with van der Waals surface area (Å²) in [7, 11) is 1.69. The SMILES string of the molecule is CCc1ccc(CN2CCc3oc(C(=O)N4CC[C@@H](OC)C4)nc3C2)cc1. The van der Waals surface area contributed by atoms with E-state index >= 15 is 0 Å². The fourth-order valence-corrected chi connectivity index (χ4v) is 3.86. The number of methoxy groups -OCH3 is 1. The zero-order valence-electron chi connectivity index (χ0n) is 16.1. The van der Waals surface area contributed by atoms with Crippen molar-refractivity contribution in [2.24, 2.45) is 0 Å². The van der Waals surface area contributed by atoms with Gasteiger partial charge in [0, 0.05) is 46.3 Å². The Morgan fingerprint density at radius 2 is 2.04 bits per heavy atom. The van der Waals surface area contributed by atoms with E-state index in [-0.39, 0.29) is 17.9 Å². The second-order valence-corrected chi connectivity index (χ2v) is 7.42. The lowest BCUT2D eigenvalue weighted by Gasteiger charge is -2.25. The molecule has 6 heteroatoms. The van der Waals surface area contributed by atoms with Crippen LogP contribution in [0.5, 0.6) is 0 Å². The van der Waals surface area contributed by atoms with Crippen molar-refractivity contribution in [1.82, 2.24) is 14.8 Å². The first kappa shape index (κ1) is 18.2. The summed E-state index contributed by atoms with van der Waals surface area (Å²) in [5.74, 6) is 0.968. The third-order valence-electron chi connectivity index (χ3n) is 5.59. The quantitative estimate of drug-likeness (QED) is 0.811. The van der Waals surface area contributed by atoms with E-state index in [9.17, 15) is 4.79 Å². The number of fused-ring (bicyclic) bond motifs is 1. The van der Waals surface area contributed by atoms with Gasteiger partial charge < -0.3 is 14.1 Å². The maximum atomic E-state index is 12.7. The molecule has 27 heavy (non-hydrogen) atoms. The minimum atomic E-state index is -0.120. The number of hydrogen-bond acceptors (Lipinski definition) is 5. The molecular weight excluding hydrogens is 342 g/mol.